The minimum Gasteiger partial charge on any atom is -0.349 e. The van der Waals surface area contributed by atoms with E-state index in [0.717, 1.165) is 17.9 Å². The summed E-state index contributed by atoms with van der Waals surface area (Å²) in [6.45, 7) is 7.55. The minimum atomic E-state index is -0.473. The third kappa shape index (κ3) is 6.98. The molecule has 2 nitrogen and oxygen atoms in total. The third-order valence-electron chi connectivity index (χ3n) is 1.78. The Hall–Kier alpha value is 0.620. The van der Waals surface area contributed by atoms with Crippen molar-refractivity contribution in [2.75, 3.05) is 24.7 Å². The van der Waals surface area contributed by atoms with E-state index in [0.29, 0.717) is 19.1 Å². The molecule has 0 saturated carbocycles. The van der Waals surface area contributed by atoms with E-state index < -0.39 is 5.79 Å². The molecule has 0 aromatic heterocycles. The van der Waals surface area contributed by atoms with E-state index in [1.54, 1.807) is 0 Å². The van der Waals surface area contributed by atoms with Crippen molar-refractivity contribution in [3.8, 4) is 0 Å². The van der Waals surface area contributed by atoms with E-state index >= 15 is 0 Å². The predicted octanol–water partition coefficient (Wildman–Crippen LogP) is 2.64. The zero-order valence-corrected chi connectivity index (χ0v) is 11.1. The van der Waals surface area contributed by atoms with Crippen molar-refractivity contribution in [1.82, 2.24) is 0 Å². The van der Waals surface area contributed by atoms with Gasteiger partial charge in [0.05, 0.1) is 13.2 Å². The molecular weight excluding hydrogens is 216 g/mol. The van der Waals surface area contributed by atoms with Crippen molar-refractivity contribution in [3.63, 3.8) is 0 Å². The number of hydrogen-bond donors (Lipinski definition) is 2. The van der Waals surface area contributed by atoms with Gasteiger partial charge in [0, 0.05) is 17.9 Å². The average molecular weight is 238 g/mol. The molecule has 4 heteroatoms. The van der Waals surface area contributed by atoms with Gasteiger partial charge in [0.25, 0.3) is 0 Å². The Bertz CT molecular complexity index is 132. The molecular formula is C10H22O2S2. The molecule has 0 aliphatic heterocycles. The first-order valence-electron chi connectivity index (χ1n) is 5.03. The van der Waals surface area contributed by atoms with Crippen LogP contribution in [0.25, 0.3) is 0 Å². The van der Waals surface area contributed by atoms with Crippen LogP contribution >= 0.6 is 25.3 Å². The van der Waals surface area contributed by atoms with Crippen LogP contribution in [0.4, 0.5) is 0 Å². The Morgan fingerprint density at radius 3 is 1.79 bits per heavy atom. The number of rotatable bonds is 8. The second-order valence-electron chi connectivity index (χ2n) is 3.88. The van der Waals surface area contributed by atoms with Gasteiger partial charge in [-0.15, -0.1) is 0 Å². The first-order chi connectivity index (χ1) is 6.54. The van der Waals surface area contributed by atoms with Gasteiger partial charge >= 0.3 is 0 Å². The number of thiol groups is 2. The molecule has 0 aromatic carbocycles. The van der Waals surface area contributed by atoms with E-state index in [1.165, 1.54) is 0 Å². The monoisotopic (exact) mass is 238 g/mol. The molecule has 0 fully saturated rings. The van der Waals surface area contributed by atoms with Gasteiger partial charge in [0.1, 0.15) is 0 Å². The fourth-order valence-corrected chi connectivity index (χ4v) is 1.61. The standard InChI is InChI=1S/C10H22O2S2/c1-9(2)8-10(3,11-4-6-13)12-5-7-14/h9,13-14H,4-8H2,1-3H3. The number of hydrogen-bond acceptors (Lipinski definition) is 4. The van der Waals surface area contributed by atoms with Crippen LogP contribution in [0.1, 0.15) is 27.2 Å². The quantitative estimate of drug-likeness (QED) is 0.500. The Morgan fingerprint density at radius 1 is 1.07 bits per heavy atom. The molecule has 0 bridgehead atoms. The van der Waals surface area contributed by atoms with Crippen LogP contribution in [0.3, 0.4) is 0 Å². The summed E-state index contributed by atoms with van der Waals surface area (Å²) in [7, 11) is 0. The first-order valence-corrected chi connectivity index (χ1v) is 6.30. The highest BCUT2D eigenvalue weighted by atomic mass is 32.1. The average Bonchev–Trinajstić information content (AvgIpc) is 2.11. The zero-order chi connectivity index (χ0) is 11.0. The summed E-state index contributed by atoms with van der Waals surface area (Å²) in [5.74, 6) is 1.52. The smallest absolute Gasteiger partial charge is 0.165 e. The second kappa shape index (κ2) is 7.85. The maximum Gasteiger partial charge on any atom is 0.165 e. The summed E-state index contributed by atoms with van der Waals surface area (Å²) in [6, 6.07) is 0. The highest BCUT2D eigenvalue weighted by Gasteiger charge is 2.26. The van der Waals surface area contributed by atoms with Crippen molar-refractivity contribution in [2.45, 2.75) is 33.0 Å². The molecule has 0 N–H and O–H groups in total. The third-order valence-corrected chi connectivity index (χ3v) is 2.14. The summed E-state index contributed by atoms with van der Waals surface area (Å²) in [5.41, 5.74) is 0. The lowest BCUT2D eigenvalue weighted by molar-refractivity contribution is -0.227. The topological polar surface area (TPSA) is 18.5 Å². The van der Waals surface area contributed by atoms with E-state index in [1.807, 2.05) is 6.92 Å². The molecule has 0 radical (unpaired) electrons. The van der Waals surface area contributed by atoms with Crippen LogP contribution in [0, 0.1) is 5.92 Å². The van der Waals surface area contributed by atoms with Crippen LogP contribution in [-0.2, 0) is 9.47 Å². The van der Waals surface area contributed by atoms with Gasteiger partial charge < -0.3 is 9.47 Å². The van der Waals surface area contributed by atoms with Crippen molar-refractivity contribution in [1.29, 1.82) is 0 Å². The van der Waals surface area contributed by atoms with Gasteiger partial charge in [-0.25, -0.2) is 0 Å². The summed E-state index contributed by atoms with van der Waals surface area (Å²) in [6.07, 6.45) is 0.897. The van der Waals surface area contributed by atoms with E-state index in [9.17, 15) is 0 Å². The van der Waals surface area contributed by atoms with Crippen LogP contribution in [0.2, 0.25) is 0 Å². The highest BCUT2D eigenvalue weighted by molar-refractivity contribution is 7.80. The minimum absolute atomic E-state index is 0.473. The lowest BCUT2D eigenvalue weighted by atomic mass is 10.0. The van der Waals surface area contributed by atoms with Gasteiger partial charge in [-0.2, -0.15) is 25.3 Å². The summed E-state index contributed by atoms with van der Waals surface area (Å²) >= 11 is 8.24. The van der Waals surface area contributed by atoms with E-state index in [4.69, 9.17) is 9.47 Å². The molecule has 0 atom stereocenters. The van der Waals surface area contributed by atoms with Crippen LogP contribution < -0.4 is 0 Å². The van der Waals surface area contributed by atoms with Crippen molar-refractivity contribution in [3.05, 3.63) is 0 Å². The molecule has 0 aromatic rings. The molecule has 0 aliphatic carbocycles. The lowest BCUT2D eigenvalue weighted by Gasteiger charge is -2.31. The van der Waals surface area contributed by atoms with Crippen molar-refractivity contribution < 1.29 is 9.47 Å². The summed E-state index contributed by atoms with van der Waals surface area (Å²) in [4.78, 5) is 0. The second-order valence-corrected chi connectivity index (χ2v) is 4.77. The van der Waals surface area contributed by atoms with Crippen LogP contribution in [0.5, 0.6) is 0 Å². The summed E-state index contributed by atoms with van der Waals surface area (Å²) in [5, 5.41) is 0. The summed E-state index contributed by atoms with van der Waals surface area (Å²) < 4.78 is 11.3. The molecule has 0 rings (SSSR count). The SMILES string of the molecule is CC(C)CC(C)(OCCS)OCCS. The largest absolute Gasteiger partial charge is 0.349 e. The Morgan fingerprint density at radius 2 is 1.50 bits per heavy atom. The molecule has 0 aliphatic rings. The molecule has 0 heterocycles. The van der Waals surface area contributed by atoms with Crippen molar-refractivity contribution >= 4 is 25.3 Å². The van der Waals surface area contributed by atoms with Crippen molar-refractivity contribution in [2.24, 2.45) is 5.92 Å². The van der Waals surface area contributed by atoms with Crippen LogP contribution in [-0.4, -0.2) is 30.5 Å². The zero-order valence-electron chi connectivity index (χ0n) is 9.32. The fraction of sp³-hybridized carbons (Fsp3) is 1.00. The maximum atomic E-state index is 5.66. The molecule has 0 spiro atoms. The Balaban J connectivity index is 4.03. The lowest BCUT2D eigenvalue weighted by Crippen LogP contribution is -2.35. The van der Waals surface area contributed by atoms with Crippen LogP contribution in [0.15, 0.2) is 0 Å². The Labute approximate surface area is 98.6 Å². The molecule has 0 saturated heterocycles. The maximum absolute atomic E-state index is 5.66. The van der Waals surface area contributed by atoms with Gasteiger partial charge in [-0.05, 0) is 12.8 Å². The van der Waals surface area contributed by atoms with Gasteiger partial charge in [0.2, 0.25) is 0 Å². The van der Waals surface area contributed by atoms with E-state index in [2.05, 4.69) is 39.1 Å². The number of ether oxygens (including phenoxy) is 2. The highest BCUT2D eigenvalue weighted by Crippen LogP contribution is 2.22. The fourth-order valence-electron chi connectivity index (χ4n) is 1.42. The molecule has 86 valence electrons. The first kappa shape index (κ1) is 14.6. The molecule has 0 unspecified atom stereocenters. The normalized spacial score (nSPS) is 12.4. The predicted molar refractivity (Wildman–Crippen MR) is 67.5 cm³/mol. The van der Waals surface area contributed by atoms with Gasteiger partial charge in [-0.3, -0.25) is 0 Å². The van der Waals surface area contributed by atoms with Gasteiger partial charge in [-0.1, -0.05) is 13.8 Å². The molecule has 0 amide bonds. The molecule has 14 heavy (non-hydrogen) atoms. The Kier molecular flexibility index (Phi) is 8.20. The van der Waals surface area contributed by atoms with E-state index in [-0.39, 0.29) is 0 Å². The van der Waals surface area contributed by atoms with Gasteiger partial charge in [0.15, 0.2) is 5.79 Å².